The molecule has 1 aliphatic rings. The van der Waals surface area contributed by atoms with E-state index >= 15 is 0 Å². The molecule has 0 saturated heterocycles. The smallest absolute Gasteiger partial charge is 0.330 e. The molecule has 0 fully saturated rings. The number of esters is 1. The Morgan fingerprint density at radius 3 is 2.83 bits per heavy atom. The summed E-state index contributed by atoms with van der Waals surface area (Å²) in [5.74, 6) is 0.961. The summed E-state index contributed by atoms with van der Waals surface area (Å²) >= 11 is 0. The minimum Gasteiger partial charge on any atom is -0.463 e. The van der Waals surface area contributed by atoms with Crippen LogP contribution in [0.5, 0.6) is 0 Å². The van der Waals surface area contributed by atoms with Gasteiger partial charge >= 0.3 is 5.97 Å². The van der Waals surface area contributed by atoms with E-state index in [-0.39, 0.29) is 5.97 Å². The number of amidine groups is 1. The summed E-state index contributed by atoms with van der Waals surface area (Å²) in [5, 5.41) is 3.51. The molecule has 0 atom stereocenters. The summed E-state index contributed by atoms with van der Waals surface area (Å²) < 4.78 is 4.95. The number of hydrogen-bond acceptors (Lipinski definition) is 7. The molecule has 0 N–H and O–H groups in total. The first-order valence-corrected chi connectivity index (χ1v) is 9.76. The van der Waals surface area contributed by atoms with Crippen LogP contribution in [0.1, 0.15) is 50.2 Å². The second kappa shape index (κ2) is 12.4. The number of benzene rings is 1. The largest absolute Gasteiger partial charge is 0.463 e. The maximum absolute atomic E-state index is 11.0. The standard InChI is InChI=1S/C22H28N4O3/c1-4-21(27)28-13-8-6-5-7-12-20(29-23-3)24-16-18-10-9-11-19(14-18)22-25-15-17(2)26-22/h4,9-11,14H,1,3,5-8,12-13,15-16H2,2H3. The molecular formula is C22H28N4O3. The molecule has 0 amide bonds. The van der Waals surface area contributed by atoms with Gasteiger partial charge in [0.1, 0.15) is 0 Å². The SMILES string of the molecule is C=CC(=O)OCCCCCCC(=NCc1cccc(C2=NCC(C)=N2)c1)ON=C. The molecule has 1 aromatic rings. The van der Waals surface area contributed by atoms with E-state index in [0.29, 0.717) is 32.0 Å². The van der Waals surface area contributed by atoms with E-state index in [2.05, 4.69) is 33.4 Å². The minimum absolute atomic E-state index is 0.379. The molecule has 154 valence electrons. The topological polar surface area (TPSA) is 85.0 Å². The highest BCUT2D eigenvalue weighted by molar-refractivity contribution is 6.11. The zero-order chi connectivity index (χ0) is 20.9. The van der Waals surface area contributed by atoms with Crippen molar-refractivity contribution in [2.24, 2.45) is 20.1 Å². The van der Waals surface area contributed by atoms with Crippen LogP contribution in [0.4, 0.5) is 0 Å². The first-order chi connectivity index (χ1) is 14.1. The monoisotopic (exact) mass is 396 g/mol. The van der Waals surface area contributed by atoms with Gasteiger partial charge in [0.25, 0.3) is 0 Å². The Labute approximate surface area is 171 Å². The highest BCUT2D eigenvalue weighted by atomic mass is 16.6. The molecule has 2 rings (SSSR count). The van der Waals surface area contributed by atoms with Gasteiger partial charge < -0.3 is 9.57 Å². The molecular weight excluding hydrogens is 368 g/mol. The predicted molar refractivity (Wildman–Crippen MR) is 117 cm³/mol. The van der Waals surface area contributed by atoms with E-state index in [0.717, 1.165) is 48.4 Å². The highest BCUT2D eigenvalue weighted by Crippen LogP contribution is 2.13. The van der Waals surface area contributed by atoms with E-state index < -0.39 is 0 Å². The molecule has 0 spiro atoms. The number of oxime groups is 1. The van der Waals surface area contributed by atoms with Crippen LogP contribution in [0.25, 0.3) is 0 Å². The van der Waals surface area contributed by atoms with Crippen molar-refractivity contribution in [1.82, 2.24) is 0 Å². The van der Waals surface area contributed by atoms with Gasteiger partial charge in [-0.15, -0.1) is 0 Å². The third-order valence-electron chi connectivity index (χ3n) is 4.24. The Balaban J connectivity index is 1.79. The quantitative estimate of drug-likeness (QED) is 0.133. The number of unbranched alkanes of at least 4 members (excludes halogenated alkanes) is 3. The summed E-state index contributed by atoms with van der Waals surface area (Å²) in [7, 11) is 0. The number of carbonyl (C=O) groups is 1. The van der Waals surface area contributed by atoms with Crippen LogP contribution >= 0.6 is 0 Å². The molecule has 1 aliphatic heterocycles. The summed E-state index contributed by atoms with van der Waals surface area (Å²) in [5.41, 5.74) is 3.07. The van der Waals surface area contributed by atoms with Crippen molar-refractivity contribution in [3.8, 4) is 0 Å². The van der Waals surface area contributed by atoms with E-state index in [9.17, 15) is 4.79 Å². The third kappa shape index (κ3) is 8.21. The van der Waals surface area contributed by atoms with Gasteiger partial charge in [0.2, 0.25) is 5.90 Å². The van der Waals surface area contributed by atoms with Crippen LogP contribution in [0.2, 0.25) is 0 Å². The van der Waals surface area contributed by atoms with Crippen molar-refractivity contribution < 1.29 is 14.4 Å². The van der Waals surface area contributed by atoms with Crippen molar-refractivity contribution >= 4 is 30.1 Å². The van der Waals surface area contributed by atoms with Crippen molar-refractivity contribution in [1.29, 1.82) is 0 Å². The maximum Gasteiger partial charge on any atom is 0.330 e. The fourth-order valence-electron chi connectivity index (χ4n) is 2.78. The fraction of sp³-hybridized carbons (Fsp3) is 0.409. The van der Waals surface area contributed by atoms with Gasteiger partial charge in [-0.05, 0) is 31.4 Å². The molecule has 0 unspecified atom stereocenters. The fourth-order valence-corrected chi connectivity index (χ4v) is 2.78. The van der Waals surface area contributed by atoms with Crippen molar-refractivity contribution in [2.75, 3.05) is 13.2 Å². The molecule has 7 heteroatoms. The number of carbonyl (C=O) groups excluding carboxylic acids is 1. The highest BCUT2D eigenvalue weighted by Gasteiger charge is 2.09. The molecule has 0 aromatic heterocycles. The molecule has 0 bridgehead atoms. The Hall–Kier alpha value is -3.09. The molecule has 1 heterocycles. The molecule has 0 aliphatic carbocycles. The molecule has 29 heavy (non-hydrogen) atoms. The van der Waals surface area contributed by atoms with Crippen LogP contribution in [0.15, 0.2) is 57.1 Å². The van der Waals surface area contributed by atoms with Crippen LogP contribution in [0.3, 0.4) is 0 Å². The van der Waals surface area contributed by atoms with Crippen LogP contribution in [-0.2, 0) is 20.9 Å². The van der Waals surface area contributed by atoms with Gasteiger partial charge in [0, 0.05) is 30.5 Å². The van der Waals surface area contributed by atoms with Crippen molar-refractivity contribution in [2.45, 2.75) is 45.6 Å². The second-order valence-corrected chi connectivity index (χ2v) is 6.65. The first kappa shape index (κ1) is 22.2. The Bertz CT molecular complexity index is 812. The normalized spacial score (nSPS) is 13.5. The van der Waals surface area contributed by atoms with Gasteiger partial charge in [-0.25, -0.2) is 14.8 Å². The number of rotatable bonds is 12. The number of aliphatic imine (C=N–C) groups is 3. The lowest BCUT2D eigenvalue weighted by molar-refractivity contribution is -0.137. The summed E-state index contributed by atoms with van der Waals surface area (Å²) in [6.45, 7) is 10.3. The van der Waals surface area contributed by atoms with E-state index in [4.69, 9.17) is 9.57 Å². The zero-order valence-corrected chi connectivity index (χ0v) is 17.0. The number of hydrogen-bond donors (Lipinski definition) is 0. The third-order valence-corrected chi connectivity index (χ3v) is 4.24. The zero-order valence-electron chi connectivity index (χ0n) is 17.0. The number of nitrogens with zero attached hydrogens (tertiary/aromatic N) is 4. The number of ether oxygens (including phenoxy) is 1. The van der Waals surface area contributed by atoms with Crippen molar-refractivity contribution in [3.05, 3.63) is 48.0 Å². The van der Waals surface area contributed by atoms with E-state index in [1.165, 1.54) is 6.08 Å². The van der Waals surface area contributed by atoms with Crippen molar-refractivity contribution in [3.63, 3.8) is 0 Å². The molecule has 0 saturated carbocycles. The molecule has 1 aromatic carbocycles. The van der Waals surface area contributed by atoms with E-state index in [1.807, 2.05) is 31.2 Å². The Morgan fingerprint density at radius 1 is 1.28 bits per heavy atom. The van der Waals surface area contributed by atoms with Gasteiger partial charge in [-0.3, -0.25) is 4.99 Å². The summed E-state index contributed by atoms with van der Waals surface area (Å²) in [6, 6.07) is 8.05. The van der Waals surface area contributed by atoms with Gasteiger partial charge in [-0.1, -0.05) is 42.8 Å². The lowest BCUT2D eigenvalue weighted by Crippen LogP contribution is -2.03. The van der Waals surface area contributed by atoms with Gasteiger partial charge in [0.15, 0.2) is 5.84 Å². The lowest BCUT2D eigenvalue weighted by atomic mass is 10.1. The van der Waals surface area contributed by atoms with Crippen LogP contribution in [0, 0.1) is 0 Å². The maximum atomic E-state index is 11.0. The summed E-state index contributed by atoms with van der Waals surface area (Å²) in [4.78, 5) is 29.6. The van der Waals surface area contributed by atoms with Gasteiger partial charge in [-0.2, -0.15) is 0 Å². The van der Waals surface area contributed by atoms with Crippen LogP contribution in [-0.4, -0.2) is 43.3 Å². The lowest BCUT2D eigenvalue weighted by Gasteiger charge is -2.06. The Morgan fingerprint density at radius 2 is 2.10 bits per heavy atom. The first-order valence-electron chi connectivity index (χ1n) is 9.76. The average Bonchev–Trinajstić information content (AvgIpc) is 3.17. The van der Waals surface area contributed by atoms with E-state index in [1.54, 1.807) is 0 Å². The second-order valence-electron chi connectivity index (χ2n) is 6.65. The predicted octanol–water partition coefficient (Wildman–Crippen LogP) is 4.12. The average molecular weight is 396 g/mol. The minimum atomic E-state index is -0.379. The summed E-state index contributed by atoms with van der Waals surface area (Å²) in [6.07, 6.45) is 5.54. The molecule has 7 nitrogen and oxygen atoms in total. The van der Waals surface area contributed by atoms with Crippen LogP contribution < -0.4 is 0 Å². The Kier molecular flexibility index (Phi) is 9.48. The van der Waals surface area contributed by atoms with Gasteiger partial charge in [0.05, 0.1) is 19.7 Å². The molecule has 0 radical (unpaired) electrons.